The van der Waals surface area contributed by atoms with Crippen molar-refractivity contribution in [2.45, 2.75) is 33.1 Å². The number of carbonyl (C=O) groups excluding carboxylic acids is 3. The molecule has 32 heavy (non-hydrogen) atoms. The van der Waals surface area contributed by atoms with Crippen molar-refractivity contribution in [1.82, 2.24) is 15.6 Å². The van der Waals surface area contributed by atoms with Gasteiger partial charge in [0.25, 0.3) is 0 Å². The number of halogens is 1. The summed E-state index contributed by atoms with van der Waals surface area (Å²) in [5.41, 5.74) is 13.3. The number of aromatic nitrogens is 1. The largest absolute Gasteiger partial charge is 0.370 e. The molecule has 0 aliphatic rings. The molecule has 3 amide bonds. The van der Waals surface area contributed by atoms with Crippen LogP contribution in [0.3, 0.4) is 0 Å². The molecule has 0 saturated heterocycles. The van der Waals surface area contributed by atoms with Crippen LogP contribution in [0, 0.1) is 0 Å². The second-order valence-electron chi connectivity index (χ2n) is 6.78. The van der Waals surface area contributed by atoms with Crippen LogP contribution in [0.1, 0.15) is 30.0 Å². The number of anilines is 1. The Morgan fingerprint density at radius 3 is 2.25 bits per heavy atom. The van der Waals surface area contributed by atoms with Crippen molar-refractivity contribution in [3.05, 3.63) is 40.4 Å². The van der Waals surface area contributed by atoms with Gasteiger partial charge in [-0.15, -0.1) is 23.7 Å². The Balaban J connectivity index is 0.00000512. The molecule has 0 saturated carbocycles. The lowest BCUT2D eigenvalue weighted by atomic mass is 10.1. The maximum absolute atomic E-state index is 12.3. The minimum Gasteiger partial charge on any atom is -0.370 e. The van der Waals surface area contributed by atoms with Crippen molar-refractivity contribution in [3.63, 3.8) is 0 Å². The third kappa shape index (κ3) is 9.75. The van der Waals surface area contributed by atoms with E-state index in [0.29, 0.717) is 36.8 Å². The van der Waals surface area contributed by atoms with E-state index in [1.165, 1.54) is 25.2 Å². The van der Waals surface area contributed by atoms with E-state index in [4.69, 9.17) is 11.5 Å². The quantitative estimate of drug-likeness (QED) is 0.193. The van der Waals surface area contributed by atoms with E-state index in [0.717, 1.165) is 16.1 Å². The summed E-state index contributed by atoms with van der Waals surface area (Å²) >= 11 is 1.29. The molecule has 0 fully saturated rings. The van der Waals surface area contributed by atoms with E-state index in [2.05, 4.69) is 25.9 Å². The predicted octanol–water partition coefficient (Wildman–Crippen LogP) is 1.01. The van der Waals surface area contributed by atoms with Crippen LogP contribution in [0.2, 0.25) is 0 Å². The smallest absolute Gasteiger partial charge is 0.225 e. The van der Waals surface area contributed by atoms with Gasteiger partial charge in [-0.1, -0.05) is 12.1 Å². The molecular formula is C20H28ClN7O3S. The first kappa shape index (κ1) is 26.9. The first-order chi connectivity index (χ1) is 14.7. The Morgan fingerprint density at radius 1 is 1.00 bits per heavy atom. The zero-order chi connectivity index (χ0) is 22.8. The van der Waals surface area contributed by atoms with Gasteiger partial charge in [0, 0.05) is 31.8 Å². The van der Waals surface area contributed by atoms with Gasteiger partial charge < -0.3 is 27.4 Å². The highest BCUT2D eigenvalue weighted by atomic mass is 35.5. The number of rotatable bonds is 10. The number of aryl methyl sites for hydroxylation is 2. The topological polar surface area (TPSA) is 165 Å². The van der Waals surface area contributed by atoms with Crippen LogP contribution in [0.5, 0.6) is 0 Å². The van der Waals surface area contributed by atoms with E-state index < -0.39 is 0 Å². The van der Waals surface area contributed by atoms with E-state index >= 15 is 0 Å². The number of nitrogens with two attached hydrogens (primary N) is 2. The van der Waals surface area contributed by atoms with Gasteiger partial charge in [-0.3, -0.25) is 14.4 Å². The molecule has 0 radical (unpaired) electrons. The third-order valence-corrected chi connectivity index (χ3v) is 5.06. The summed E-state index contributed by atoms with van der Waals surface area (Å²) < 4.78 is 0. The first-order valence-corrected chi connectivity index (χ1v) is 10.5. The van der Waals surface area contributed by atoms with Gasteiger partial charge in [-0.2, -0.15) is 0 Å². The molecule has 0 atom stereocenters. The number of nitrogens with zero attached hydrogens (tertiary/aromatic N) is 2. The average molecular weight is 482 g/mol. The number of guanidine groups is 1. The zero-order valence-corrected chi connectivity index (χ0v) is 19.6. The second kappa shape index (κ2) is 13.3. The van der Waals surface area contributed by atoms with Gasteiger partial charge in [0.2, 0.25) is 17.7 Å². The number of hydrogen-bond acceptors (Lipinski definition) is 6. The van der Waals surface area contributed by atoms with Gasteiger partial charge >= 0.3 is 0 Å². The lowest BCUT2D eigenvalue weighted by molar-refractivity contribution is -0.121. The molecule has 0 aliphatic carbocycles. The standard InChI is InChI=1S/C20H27N7O3S.ClH/c1-12(28)23-9-10-24-18(30)11-17-16(27-20(31-17)25-13(2)29)8-5-14-3-6-15(7-4-14)26-19(21)22;/h3-4,6-7H,5,8-11H2,1-2H3,(H,23,28)(H,24,30)(H4,21,22,26)(H,25,27,29);1H. The highest BCUT2D eigenvalue weighted by Crippen LogP contribution is 2.25. The molecule has 1 aromatic heterocycles. The molecule has 0 aliphatic heterocycles. The fourth-order valence-electron chi connectivity index (χ4n) is 2.72. The lowest BCUT2D eigenvalue weighted by Crippen LogP contribution is -2.34. The normalized spacial score (nSPS) is 9.94. The van der Waals surface area contributed by atoms with E-state index in [1.54, 1.807) is 0 Å². The number of thiazole rings is 1. The molecule has 174 valence electrons. The van der Waals surface area contributed by atoms with Crippen LogP contribution in [0.4, 0.5) is 10.8 Å². The molecule has 0 spiro atoms. The fraction of sp³-hybridized carbons (Fsp3) is 0.350. The zero-order valence-electron chi connectivity index (χ0n) is 17.9. The Bertz CT molecular complexity index is 957. The average Bonchev–Trinajstić information content (AvgIpc) is 3.04. The fourth-order valence-corrected chi connectivity index (χ4v) is 3.77. The van der Waals surface area contributed by atoms with Gasteiger partial charge in [0.15, 0.2) is 11.1 Å². The Morgan fingerprint density at radius 2 is 1.66 bits per heavy atom. The van der Waals surface area contributed by atoms with Crippen molar-refractivity contribution < 1.29 is 14.4 Å². The monoisotopic (exact) mass is 481 g/mol. The highest BCUT2D eigenvalue weighted by Gasteiger charge is 2.15. The molecule has 2 aromatic rings. The van der Waals surface area contributed by atoms with Gasteiger partial charge in [0.1, 0.15) is 0 Å². The van der Waals surface area contributed by atoms with Crippen LogP contribution in [0.15, 0.2) is 29.3 Å². The molecule has 0 unspecified atom stereocenters. The Kier molecular flexibility index (Phi) is 11.1. The van der Waals surface area contributed by atoms with Crippen LogP contribution in [-0.2, 0) is 33.6 Å². The number of carbonyl (C=O) groups is 3. The minimum atomic E-state index is -0.220. The van der Waals surface area contributed by atoms with Crippen LogP contribution in [-0.4, -0.2) is 41.8 Å². The van der Waals surface area contributed by atoms with Gasteiger partial charge in [0.05, 0.1) is 17.8 Å². The number of nitrogens with one attached hydrogen (secondary N) is 3. The maximum Gasteiger partial charge on any atom is 0.225 e. The molecule has 10 nitrogen and oxygen atoms in total. The number of benzene rings is 1. The number of amides is 3. The molecule has 7 N–H and O–H groups in total. The SMILES string of the molecule is CC(=O)NCCNC(=O)Cc1sc(NC(C)=O)nc1CCc1ccc(N=C(N)N)cc1.Cl. The van der Waals surface area contributed by atoms with Crippen molar-refractivity contribution in [1.29, 1.82) is 0 Å². The molecular weight excluding hydrogens is 454 g/mol. The summed E-state index contributed by atoms with van der Waals surface area (Å²) in [7, 11) is 0. The summed E-state index contributed by atoms with van der Waals surface area (Å²) in [5.74, 6) is -0.542. The summed E-state index contributed by atoms with van der Waals surface area (Å²) in [6.45, 7) is 3.54. The Labute approximate surface area is 196 Å². The van der Waals surface area contributed by atoms with Crippen molar-refractivity contribution in [2.24, 2.45) is 16.5 Å². The lowest BCUT2D eigenvalue weighted by Gasteiger charge is -2.06. The summed E-state index contributed by atoms with van der Waals surface area (Å²) in [4.78, 5) is 43.8. The van der Waals surface area contributed by atoms with Crippen LogP contribution in [0.25, 0.3) is 0 Å². The maximum atomic E-state index is 12.3. The van der Waals surface area contributed by atoms with Crippen molar-refractivity contribution in [2.75, 3.05) is 18.4 Å². The highest BCUT2D eigenvalue weighted by molar-refractivity contribution is 7.16. The molecule has 12 heteroatoms. The molecule has 0 bridgehead atoms. The molecule has 1 heterocycles. The van der Waals surface area contributed by atoms with E-state index in [1.807, 2.05) is 24.3 Å². The first-order valence-electron chi connectivity index (χ1n) is 9.69. The van der Waals surface area contributed by atoms with Crippen molar-refractivity contribution in [3.8, 4) is 0 Å². The number of hydrogen-bond donors (Lipinski definition) is 5. The third-order valence-electron chi connectivity index (χ3n) is 4.05. The van der Waals surface area contributed by atoms with Gasteiger partial charge in [-0.05, 0) is 30.5 Å². The predicted molar refractivity (Wildman–Crippen MR) is 128 cm³/mol. The Hall–Kier alpha value is -3.18. The summed E-state index contributed by atoms with van der Waals surface area (Å²) in [6.07, 6.45) is 1.45. The van der Waals surface area contributed by atoms with Crippen LogP contribution < -0.4 is 27.4 Å². The summed E-state index contributed by atoms with van der Waals surface area (Å²) in [6, 6.07) is 7.50. The van der Waals surface area contributed by atoms with E-state index in [9.17, 15) is 14.4 Å². The van der Waals surface area contributed by atoms with E-state index in [-0.39, 0.29) is 42.5 Å². The second-order valence-corrected chi connectivity index (χ2v) is 7.87. The molecule has 1 aromatic carbocycles. The summed E-state index contributed by atoms with van der Waals surface area (Å²) in [5, 5.41) is 8.53. The molecule has 2 rings (SSSR count). The van der Waals surface area contributed by atoms with Crippen molar-refractivity contribution >= 4 is 58.2 Å². The number of aliphatic imine (C=N–C) groups is 1. The van der Waals surface area contributed by atoms with Gasteiger partial charge in [-0.25, -0.2) is 9.98 Å². The minimum absolute atomic E-state index is 0. The van der Waals surface area contributed by atoms with Crippen LogP contribution >= 0.6 is 23.7 Å².